The molecular formula is C31H45N3O2. The normalized spacial score (nSPS) is 14.9. The van der Waals surface area contributed by atoms with E-state index in [0.29, 0.717) is 0 Å². The fourth-order valence-corrected chi connectivity index (χ4v) is 3.23. The highest BCUT2D eigenvalue weighted by atomic mass is 16.5. The number of aromatic nitrogens is 1. The van der Waals surface area contributed by atoms with Crippen molar-refractivity contribution >= 4 is 11.8 Å². The number of aliphatic hydroxyl groups excluding tert-OH is 1. The average Bonchev–Trinajstić information content (AvgIpc) is 3.63. The first-order chi connectivity index (χ1) is 17.4. The monoisotopic (exact) mass is 491 g/mol. The molecule has 3 N–H and O–H groups in total. The van der Waals surface area contributed by atoms with Gasteiger partial charge >= 0.3 is 0 Å². The summed E-state index contributed by atoms with van der Waals surface area (Å²) in [5, 5.41) is 10.4. The number of nitrogens with zero attached hydrogens (tertiary/aromatic N) is 1. The van der Waals surface area contributed by atoms with Gasteiger partial charge in [0.05, 0.1) is 24.2 Å². The molecule has 2 aromatic rings. The molecule has 1 aromatic carbocycles. The minimum Gasteiger partial charge on any atom is -0.497 e. The SMILES string of the molecule is C/C=C1/C=C(C2=N/C(=C\c3[nH]c(C)cc3C)C=C2)NC1.C=CC.CC.CO.COc1cccc(C)c1. The van der Waals surface area contributed by atoms with E-state index in [0.717, 1.165) is 42.2 Å². The number of allylic oxidation sites excluding steroid dienone is 4. The number of benzene rings is 1. The number of aryl methyl sites for hydroxylation is 3. The molecular weight excluding hydrogens is 446 g/mol. The minimum absolute atomic E-state index is 0.896. The lowest BCUT2D eigenvalue weighted by atomic mass is 10.2. The third-order valence-corrected chi connectivity index (χ3v) is 4.83. The molecule has 3 heterocycles. The number of aliphatic hydroxyl groups is 1. The number of aliphatic imine (C=N–C) groups is 1. The van der Waals surface area contributed by atoms with E-state index in [1.54, 1.807) is 13.2 Å². The maximum absolute atomic E-state index is 7.00. The molecule has 0 fully saturated rings. The van der Waals surface area contributed by atoms with Gasteiger partial charge in [-0.1, -0.05) is 38.1 Å². The van der Waals surface area contributed by atoms with Gasteiger partial charge in [0.1, 0.15) is 5.75 Å². The summed E-state index contributed by atoms with van der Waals surface area (Å²) in [6.45, 7) is 18.4. The van der Waals surface area contributed by atoms with Crippen molar-refractivity contribution in [1.29, 1.82) is 0 Å². The summed E-state index contributed by atoms with van der Waals surface area (Å²) in [6.07, 6.45) is 12.3. The van der Waals surface area contributed by atoms with Crippen molar-refractivity contribution in [3.63, 3.8) is 0 Å². The molecule has 0 unspecified atom stereocenters. The molecule has 36 heavy (non-hydrogen) atoms. The largest absolute Gasteiger partial charge is 0.497 e. The molecule has 1 aromatic heterocycles. The number of hydrogen-bond donors (Lipinski definition) is 3. The van der Waals surface area contributed by atoms with Gasteiger partial charge in [0, 0.05) is 25.0 Å². The Kier molecular flexibility index (Phi) is 16.9. The first-order valence-electron chi connectivity index (χ1n) is 12.3. The van der Waals surface area contributed by atoms with Crippen molar-refractivity contribution in [3.8, 4) is 5.75 Å². The van der Waals surface area contributed by atoms with E-state index < -0.39 is 0 Å². The van der Waals surface area contributed by atoms with Crippen LogP contribution < -0.4 is 10.1 Å². The molecule has 5 heteroatoms. The Morgan fingerprint density at radius 1 is 1.06 bits per heavy atom. The van der Waals surface area contributed by atoms with Gasteiger partial charge in [-0.05, 0) is 93.8 Å². The molecule has 196 valence electrons. The molecule has 0 saturated carbocycles. The second kappa shape index (κ2) is 18.7. The number of methoxy groups -OCH3 is 1. The van der Waals surface area contributed by atoms with Crippen molar-refractivity contribution in [2.75, 3.05) is 20.8 Å². The maximum atomic E-state index is 7.00. The Hall–Kier alpha value is -3.57. The number of nitrogens with one attached hydrogen (secondary N) is 2. The van der Waals surface area contributed by atoms with E-state index in [1.165, 1.54) is 22.4 Å². The van der Waals surface area contributed by atoms with Crippen LogP contribution in [-0.2, 0) is 0 Å². The summed E-state index contributed by atoms with van der Waals surface area (Å²) in [7, 11) is 2.68. The molecule has 5 nitrogen and oxygen atoms in total. The number of ether oxygens (including phenoxy) is 1. The summed E-state index contributed by atoms with van der Waals surface area (Å²) < 4.78 is 5.00. The van der Waals surface area contributed by atoms with E-state index >= 15 is 0 Å². The second-order valence-electron chi connectivity index (χ2n) is 7.65. The summed E-state index contributed by atoms with van der Waals surface area (Å²) >= 11 is 0. The average molecular weight is 492 g/mol. The topological polar surface area (TPSA) is 69.6 Å². The highest BCUT2D eigenvalue weighted by Gasteiger charge is 2.15. The third kappa shape index (κ3) is 11.2. The van der Waals surface area contributed by atoms with Gasteiger partial charge in [-0.25, -0.2) is 4.99 Å². The van der Waals surface area contributed by atoms with Crippen LogP contribution in [0.4, 0.5) is 0 Å². The molecule has 4 rings (SSSR count). The van der Waals surface area contributed by atoms with Gasteiger partial charge < -0.3 is 20.1 Å². The summed E-state index contributed by atoms with van der Waals surface area (Å²) in [4.78, 5) is 8.03. The molecule has 0 amide bonds. The summed E-state index contributed by atoms with van der Waals surface area (Å²) in [5.41, 5.74) is 9.21. The van der Waals surface area contributed by atoms with E-state index in [9.17, 15) is 0 Å². The molecule has 2 aliphatic rings. The number of hydrogen-bond acceptors (Lipinski definition) is 4. The Bertz CT molecular complexity index is 1080. The van der Waals surface area contributed by atoms with Gasteiger partial charge in [0.25, 0.3) is 0 Å². The van der Waals surface area contributed by atoms with Crippen LogP contribution >= 0.6 is 0 Å². The first-order valence-corrected chi connectivity index (χ1v) is 12.3. The molecule has 0 spiro atoms. The number of H-pyrrole nitrogens is 1. The quantitative estimate of drug-likeness (QED) is 0.396. The fraction of sp³-hybridized carbons (Fsp3) is 0.323. The maximum Gasteiger partial charge on any atom is 0.119 e. The molecule has 2 aliphatic heterocycles. The van der Waals surface area contributed by atoms with Gasteiger partial charge in [-0.3, -0.25) is 0 Å². The van der Waals surface area contributed by atoms with Crippen molar-refractivity contribution in [3.05, 3.63) is 107 Å². The third-order valence-electron chi connectivity index (χ3n) is 4.83. The Balaban J connectivity index is 0.000000640. The van der Waals surface area contributed by atoms with Crippen LogP contribution in [0.5, 0.6) is 5.75 Å². The van der Waals surface area contributed by atoms with Crippen LogP contribution in [0.25, 0.3) is 6.08 Å². The van der Waals surface area contributed by atoms with Crippen molar-refractivity contribution in [1.82, 2.24) is 10.3 Å². The van der Waals surface area contributed by atoms with Gasteiger partial charge in [-0.2, -0.15) is 0 Å². The van der Waals surface area contributed by atoms with Crippen LogP contribution in [0, 0.1) is 20.8 Å². The summed E-state index contributed by atoms with van der Waals surface area (Å²) in [6, 6.07) is 10.1. The zero-order valence-electron chi connectivity index (χ0n) is 23.6. The second-order valence-corrected chi connectivity index (χ2v) is 7.65. The summed E-state index contributed by atoms with van der Waals surface area (Å²) in [5.74, 6) is 0.926. The molecule has 0 aliphatic carbocycles. The minimum atomic E-state index is 0.896. The smallest absolute Gasteiger partial charge is 0.119 e. The van der Waals surface area contributed by atoms with Crippen LogP contribution in [0.3, 0.4) is 0 Å². The van der Waals surface area contributed by atoms with Crippen molar-refractivity contribution in [2.24, 2.45) is 4.99 Å². The molecule has 0 radical (unpaired) electrons. The number of rotatable bonds is 3. The van der Waals surface area contributed by atoms with Crippen molar-refractivity contribution < 1.29 is 9.84 Å². The fourth-order valence-electron chi connectivity index (χ4n) is 3.23. The Morgan fingerprint density at radius 2 is 1.72 bits per heavy atom. The molecule has 0 saturated heterocycles. The first kappa shape index (κ1) is 32.4. The van der Waals surface area contributed by atoms with Gasteiger partial charge in [0.2, 0.25) is 0 Å². The Morgan fingerprint density at radius 3 is 2.19 bits per heavy atom. The van der Waals surface area contributed by atoms with Crippen LogP contribution in [0.2, 0.25) is 0 Å². The standard InChI is InChI=1S/C17H19N3.C8H10O.C3H6.C2H6.CH4O/c1-4-13-8-17(18-10-13)15-6-5-14(20-15)9-16-11(2)7-12(3)19-16;1-7-4-3-5-8(6-7)9-2;1-3-2;2*1-2/h4-9,18-19H,10H2,1-3H3;3-6H,1-2H3;3H,1H2,2H3;1-2H3;2H,1H3/b13-4-,14-9-;;;;. The molecule has 0 bridgehead atoms. The zero-order valence-corrected chi connectivity index (χ0v) is 23.6. The van der Waals surface area contributed by atoms with E-state index in [4.69, 9.17) is 9.84 Å². The van der Waals surface area contributed by atoms with Crippen LogP contribution in [-0.4, -0.2) is 36.6 Å². The Labute approximate surface area is 218 Å². The predicted molar refractivity (Wildman–Crippen MR) is 158 cm³/mol. The number of aromatic amines is 1. The predicted octanol–water partition coefficient (Wildman–Crippen LogP) is 7.25. The lowest BCUT2D eigenvalue weighted by molar-refractivity contribution is 0.399. The van der Waals surface area contributed by atoms with E-state index in [1.807, 2.05) is 52.0 Å². The lowest BCUT2D eigenvalue weighted by Gasteiger charge is -1.99. The molecule has 0 atom stereocenters. The van der Waals surface area contributed by atoms with Crippen molar-refractivity contribution in [2.45, 2.75) is 48.5 Å². The zero-order chi connectivity index (χ0) is 27.5. The highest BCUT2D eigenvalue weighted by Crippen LogP contribution is 2.20. The van der Waals surface area contributed by atoms with Gasteiger partial charge in [0.15, 0.2) is 0 Å². The van der Waals surface area contributed by atoms with E-state index in [-0.39, 0.29) is 0 Å². The highest BCUT2D eigenvalue weighted by molar-refractivity contribution is 6.11. The van der Waals surface area contributed by atoms with Gasteiger partial charge in [-0.15, -0.1) is 6.58 Å². The van der Waals surface area contributed by atoms with E-state index in [2.05, 4.69) is 79.1 Å². The van der Waals surface area contributed by atoms with Crippen LogP contribution in [0.15, 0.2) is 89.3 Å². The lowest BCUT2D eigenvalue weighted by Crippen LogP contribution is -2.13. The van der Waals surface area contributed by atoms with Crippen LogP contribution in [0.1, 0.15) is 50.2 Å².